The van der Waals surface area contributed by atoms with Crippen LogP contribution in [0.1, 0.15) is 31.0 Å². The predicted molar refractivity (Wildman–Crippen MR) is 155 cm³/mol. The number of nitrogens with zero attached hydrogens (tertiary/aromatic N) is 4. The second kappa shape index (κ2) is 11.6. The van der Waals surface area contributed by atoms with Crippen molar-refractivity contribution in [2.75, 3.05) is 37.4 Å². The number of thiocarbonyl (C=S) groups is 1. The van der Waals surface area contributed by atoms with Crippen LogP contribution in [0.3, 0.4) is 0 Å². The largest absolute Gasteiger partial charge is 0.378 e. The third kappa shape index (κ3) is 6.28. The lowest BCUT2D eigenvalue weighted by atomic mass is 9.99. The Bertz CT molecular complexity index is 1270. The van der Waals surface area contributed by atoms with E-state index in [-0.39, 0.29) is 30.9 Å². The minimum atomic E-state index is -1.15. The van der Waals surface area contributed by atoms with Crippen LogP contribution < -0.4 is 15.5 Å². The first-order valence-corrected chi connectivity index (χ1v) is 12.9. The van der Waals surface area contributed by atoms with Gasteiger partial charge in [0, 0.05) is 51.0 Å². The summed E-state index contributed by atoms with van der Waals surface area (Å²) in [5.41, 5.74) is 2.48. The number of aromatic nitrogens is 1. The maximum atomic E-state index is 13.8. The molecule has 1 atom stereocenters. The first-order chi connectivity index (χ1) is 18.1. The van der Waals surface area contributed by atoms with Crippen molar-refractivity contribution < 1.29 is 9.59 Å². The molecule has 1 fully saturated rings. The van der Waals surface area contributed by atoms with Crippen molar-refractivity contribution in [3.8, 4) is 0 Å². The van der Waals surface area contributed by atoms with Gasteiger partial charge in [0.2, 0.25) is 11.8 Å². The molecule has 0 saturated carbocycles. The fraction of sp³-hybridized carbons (Fsp3) is 0.310. The second-order valence-electron chi connectivity index (χ2n) is 10.1. The molecule has 1 aliphatic heterocycles. The van der Waals surface area contributed by atoms with Crippen LogP contribution in [0, 0.1) is 0 Å². The lowest BCUT2D eigenvalue weighted by Crippen LogP contribution is -2.57. The molecule has 9 heteroatoms. The van der Waals surface area contributed by atoms with Crippen molar-refractivity contribution in [3.63, 3.8) is 0 Å². The van der Waals surface area contributed by atoms with Gasteiger partial charge in [-0.2, -0.15) is 0 Å². The van der Waals surface area contributed by atoms with Crippen molar-refractivity contribution in [1.29, 1.82) is 0 Å². The normalized spacial score (nSPS) is 15.1. The zero-order chi connectivity index (χ0) is 27.3. The van der Waals surface area contributed by atoms with Gasteiger partial charge in [0.25, 0.3) is 0 Å². The number of rotatable bonds is 9. The minimum Gasteiger partial charge on any atom is -0.378 e. The molecule has 0 bridgehead atoms. The molecule has 1 saturated heterocycles. The van der Waals surface area contributed by atoms with Gasteiger partial charge < -0.3 is 25.3 Å². The Labute approximate surface area is 229 Å². The van der Waals surface area contributed by atoms with Crippen molar-refractivity contribution in [2.24, 2.45) is 0 Å². The van der Waals surface area contributed by atoms with Crippen molar-refractivity contribution in [3.05, 3.63) is 90.3 Å². The fourth-order valence-corrected chi connectivity index (χ4v) is 4.65. The van der Waals surface area contributed by atoms with Crippen molar-refractivity contribution in [1.82, 2.24) is 20.1 Å². The van der Waals surface area contributed by atoms with Crippen LogP contribution in [0.5, 0.6) is 0 Å². The summed E-state index contributed by atoms with van der Waals surface area (Å²) in [6, 6.07) is 21.3. The molecular formula is C29H34N6O2S. The Hall–Kier alpha value is -3.98. The molecule has 3 aromatic rings. The average Bonchev–Trinajstić information content (AvgIpc) is 3.28. The molecular weight excluding hydrogens is 496 g/mol. The summed E-state index contributed by atoms with van der Waals surface area (Å²) in [7, 11) is 3.92. The van der Waals surface area contributed by atoms with E-state index in [1.165, 1.54) is 0 Å². The smallest absolute Gasteiger partial charge is 0.249 e. The van der Waals surface area contributed by atoms with Gasteiger partial charge in [0.15, 0.2) is 5.11 Å². The molecule has 0 aliphatic carbocycles. The second-order valence-corrected chi connectivity index (χ2v) is 10.5. The van der Waals surface area contributed by atoms with Crippen LogP contribution in [0.2, 0.25) is 0 Å². The zero-order valence-electron chi connectivity index (χ0n) is 22.2. The van der Waals surface area contributed by atoms with Crippen LogP contribution in [-0.4, -0.2) is 64.4 Å². The summed E-state index contributed by atoms with van der Waals surface area (Å²) in [5, 5.41) is 6.82. The zero-order valence-corrected chi connectivity index (χ0v) is 23.0. The van der Waals surface area contributed by atoms with Gasteiger partial charge in [0.1, 0.15) is 5.54 Å². The molecule has 2 heterocycles. The van der Waals surface area contributed by atoms with Gasteiger partial charge in [-0.15, -0.1) is 0 Å². The quantitative estimate of drug-likeness (QED) is 0.407. The number of hydrogen-bond donors (Lipinski definition) is 2. The molecule has 2 N–H and O–H groups in total. The van der Waals surface area contributed by atoms with E-state index < -0.39 is 5.54 Å². The molecule has 1 aliphatic rings. The highest BCUT2D eigenvalue weighted by molar-refractivity contribution is 7.80. The molecule has 198 valence electrons. The number of carbonyl (C=O) groups is 2. The number of pyridine rings is 1. The summed E-state index contributed by atoms with van der Waals surface area (Å²) in [6.45, 7) is 4.39. The standard InChI is InChI=1S/C29H34N6O2S/c1-29(2,27(37)31-23-12-14-24(15-13-23)33(3)4)35(18-21-9-8-16-30-17-21)26(36)20-34-19-25(32-28(34)38)22-10-6-5-7-11-22/h5-17,25H,18-20H2,1-4H3,(H,31,37)(H,32,38)/t25-/m1/s1. The maximum absolute atomic E-state index is 13.8. The predicted octanol–water partition coefficient (Wildman–Crippen LogP) is 3.82. The minimum absolute atomic E-state index is 0.00437. The van der Waals surface area contributed by atoms with E-state index in [2.05, 4.69) is 15.6 Å². The lowest BCUT2D eigenvalue weighted by Gasteiger charge is -2.38. The summed E-state index contributed by atoms with van der Waals surface area (Å²) in [6.07, 6.45) is 3.39. The SMILES string of the molecule is CN(C)c1ccc(NC(=O)C(C)(C)N(Cc2cccnc2)C(=O)CN2C[C@H](c3ccccc3)NC2=S)cc1. The molecule has 0 radical (unpaired) electrons. The van der Waals surface area contributed by atoms with Crippen molar-refractivity contribution >= 4 is 40.5 Å². The Morgan fingerprint density at radius 2 is 1.79 bits per heavy atom. The number of amides is 2. The Morgan fingerprint density at radius 3 is 2.42 bits per heavy atom. The number of anilines is 2. The summed E-state index contributed by atoms with van der Waals surface area (Å²) >= 11 is 5.56. The third-order valence-corrected chi connectivity index (χ3v) is 7.13. The summed E-state index contributed by atoms with van der Waals surface area (Å²) < 4.78 is 0. The highest BCUT2D eigenvalue weighted by Gasteiger charge is 2.39. The number of benzene rings is 2. The maximum Gasteiger partial charge on any atom is 0.249 e. The first-order valence-electron chi connectivity index (χ1n) is 12.5. The van der Waals surface area contributed by atoms with Gasteiger partial charge in [-0.3, -0.25) is 14.6 Å². The molecule has 0 spiro atoms. The lowest BCUT2D eigenvalue weighted by molar-refractivity contribution is -0.144. The molecule has 0 unspecified atom stereocenters. The summed E-state index contributed by atoms with van der Waals surface area (Å²) in [4.78, 5) is 37.0. The number of carbonyl (C=O) groups excluding carboxylic acids is 2. The van der Waals surface area contributed by atoms with Crippen LogP contribution in [0.4, 0.5) is 11.4 Å². The Kier molecular flexibility index (Phi) is 8.26. The fourth-order valence-electron chi connectivity index (χ4n) is 4.37. The van der Waals surface area contributed by atoms with Crippen LogP contribution >= 0.6 is 12.2 Å². The van der Waals surface area contributed by atoms with E-state index in [0.29, 0.717) is 17.3 Å². The van der Waals surface area contributed by atoms with Crippen LogP contribution in [-0.2, 0) is 16.1 Å². The molecule has 38 heavy (non-hydrogen) atoms. The molecule has 8 nitrogen and oxygen atoms in total. The monoisotopic (exact) mass is 530 g/mol. The molecule has 2 amide bonds. The van der Waals surface area contributed by atoms with Gasteiger partial charge in [-0.05, 0) is 67.5 Å². The summed E-state index contributed by atoms with van der Waals surface area (Å²) in [5.74, 6) is -0.480. The molecule has 2 aromatic carbocycles. The van der Waals surface area contributed by atoms with Gasteiger partial charge in [-0.1, -0.05) is 36.4 Å². The topological polar surface area (TPSA) is 80.8 Å². The highest BCUT2D eigenvalue weighted by Crippen LogP contribution is 2.25. The van der Waals surface area contributed by atoms with E-state index in [9.17, 15) is 9.59 Å². The third-order valence-electron chi connectivity index (χ3n) is 6.75. The van der Waals surface area contributed by atoms with E-state index in [1.54, 1.807) is 31.1 Å². The van der Waals surface area contributed by atoms with Crippen LogP contribution in [0.25, 0.3) is 0 Å². The van der Waals surface area contributed by atoms with E-state index in [0.717, 1.165) is 16.8 Å². The van der Waals surface area contributed by atoms with Gasteiger partial charge >= 0.3 is 0 Å². The van der Waals surface area contributed by atoms with Gasteiger partial charge in [0.05, 0.1) is 12.6 Å². The van der Waals surface area contributed by atoms with Gasteiger partial charge in [-0.25, -0.2) is 0 Å². The Balaban J connectivity index is 1.52. The van der Waals surface area contributed by atoms with Crippen molar-refractivity contribution in [2.45, 2.75) is 32.0 Å². The highest BCUT2D eigenvalue weighted by atomic mass is 32.1. The van der Waals surface area contributed by atoms with E-state index in [1.807, 2.05) is 90.6 Å². The molecule has 4 rings (SSSR count). The van der Waals surface area contributed by atoms with Crippen LogP contribution in [0.15, 0.2) is 79.1 Å². The average molecular weight is 531 g/mol. The van der Waals surface area contributed by atoms with E-state index in [4.69, 9.17) is 12.2 Å². The number of nitrogens with one attached hydrogen (secondary N) is 2. The number of hydrogen-bond acceptors (Lipinski definition) is 5. The molecule has 1 aromatic heterocycles. The van der Waals surface area contributed by atoms with E-state index >= 15 is 0 Å². The first kappa shape index (κ1) is 27.1. The Morgan fingerprint density at radius 1 is 1.08 bits per heavy atom.